The van der Waals surface area contributed by atoms with E-state index in [2.05, 4.69) is 44.2 Å². The zero-order valence-electron chi connectivity index (χ0n) is 16.6. The third kappa shape index (κ3) is 3.59. The number of aryl methyl sites for hydroxylation is 2. The number of esters is 1. The van der Waals surface area contributed by atoms with Gasteiger partial charge in [-0.3, -0.25) is 0 Å². The Balaban J connectivity index is 1.86. The minimum absolute atomic E-state index is 0.210. The van der Waals surface area contributed by atoms with Gasteiger partial charge in [0.15, 0.2) is 0 Å². The molecule has 1 aliphatic carbocycles. The summed E-state index contributed by atoms with van der Waals surface area (Å²) in [4.78, 5) is 17.0. The molecule has 2 aliphatic rings. The average Bonchev–Trinajstić information content (AvgIpc) is 2.97. The molecular formula is C24H25NO3. The summed E-state index contributed by atoms with van der Waals surface area (Å²) in [6, 6.07) is 14.6. The molecule has 1 aliphatic heterocycles. The summed E-state index contributed by atoms with van der Waals surface area (Å²) in [5.41, 5.74) is 6.23. The van der Waals surface area contributed by atoms with Crippen LogP contribution < -0.4 is 0 Å². The Hall–Kier alpha value is -2.88. The minimum atomic E-state index is -0.318. The van der Waals surface area contributed by atoms with Gasteiger partial charge in [0.05, 0.1) is 12.1 Å². The largest absolute Gasteiger partial charge is 0.475 e. The van der Waals surface area contributed by atoms with Crippen LogP contribution in [0, 0.1) is 0 Å². The number of nitrogens with zero attached hydrogens (tertiary/aromatic N) is 1. The van der Waals surface area contributed by atoms with Gasteiger partial charge in [-0.2, -0.15) is 0 Å². The van der Waals surface area contributed by atoms with E-state index >= 15 is 0 Å². The molecule has 28 heavy (non-hydrogen) atoms. The SMILES string of the molecule is CCOC(=O)/C=C1/c2ccccc2CCc2ccc(C3=NC(C)(C)CO3)cc21. The number of rotatable bonds is 3. The molecule has 0 radical (unpaired) electrons. The summed E-state index contributed by atoms with van der Waals surface area (Å²) >= 11 is 0. The molecule has 0 atom stereocenters. The number of hydrogen-bond acceptors (Lipinski definition) is 4. The second-order valence-electron chi connectivity index (χ2n) is 7.86. The van der Waals surface area contributed by atoms with E-state index in [4.69, 9.17) is 14.5 Å². The minimum Gasteiger partial charge on any atom is -0.475 e. The van der Waals surface area contributed by atoms with Gasteiger partial charge in [-0.05, 0) is 73.6 Å². The lowest BCUT2D eigenvalue weighted by atomic mass is 9.92. The van der Waals surface area contributed by atoms with Crippen LogP contribution in [0.15, 0.2) is 53.5 Å². The topological polar surface area (TPSA) is 47.9 Å². The molecule has 1 heterocycles. The number of ether oxygens (including phenoxy) is 2. The molecule has 0 aromatic heterocycles. The third-order valence-electron chi connectivity index (χ3n) is 5.13. The van der Waals surface area contributed by atoms with E-state index in [1.165, 1.54) is 11.1 Å². The van der Waals surface area contributed by atoms with Crippen molar-refractivity contribution >= 4 is 17.4 Å². The van der Waals surface area contributed by atoms with Crippen LogP contribution in [0.4, 0.5) is 0 Å². The van der Waals surface area contributed by atoms with Gasteiger partial charge < -0.3 is 9.47 Å². The van der Waals surface area contributed by atoms with Crippen molar-refractivity contribution in [3.05, 3.63) is 76.4 Å². The Morgan fingerprint density at radius 1 is 1.14 bits per heavy atom. The summed E-state index contributed by atoms with van der Waals surface area (Å²) in [7, 11) is 0. The molecule has 0 N–H and O–H groups in total. The van der Waals surface area contributed by atoms with E-state index in [0.29, 0.717) is 19.1 Å². The van der Waals surface area contributed by atoms with Crippen LogP contribution in [0.2, 0.25) is 0 Å². The Bertz CT molecular complexity index is 985. The first kappa shape index (κ1) is 18.5. The summed E-state index contributed by atoms with van der Waals surface area (Å²) in [5, 5.41) is 0. The lowest BCUT2D eigenvalue weighted by molar-refractivity contribution is -0.137. The lowest BCUT2D eigenvalue weighted by Gasteiger charge is -2.13. The van der Waals surface area contributed by atoms with E-state index in [0.717, 1.165) is 35.1 Å². The van der Waals surface area contributed by atoms with Crippen LogP contribution in [0.5, 0.6) is 0 Å². The molecule has 4 rings (SSSR count). The summed E-state index contributed by atoms with van der Waals surface area (Å²) < 4.78 is 11.0. The van der Waals surface area contributed by atoms with Crippen molar-refractivity contribution in [3.8, 4) is 0 Å². The van der Waals surface area contributed by atoms with Crippen molar-refractivity contribution < 1.29 is 14.3 Å². The van der Waals surface area contributed by atoms with Gasteiger partial charge in [0, 0.05) is 11.6 Å². The number of benzene rings is 2. The molecule has 2 aromatic rings. The van der Waals surface area contributed by atoms with Crippen molar-refractivity contribution in [2.24, 2.45) is 4.99 Å². The predicted octanol–water partition coefficient (Wildman–Crippen LogP) is 4.34. The van der Waals surface area contributed by atoms with Crippen LogP contribution in [0.1, 0.15) is 48.6 Å². The van der Waals surface area contributed by atoms with Gasteiger partial charge in [0.25, 0.3) is 0 Å². The van der Waals surface area contributed by atoms with Crippen molar-refractivity contribution in [1.29, 1.82) is 0 Å². The summed E-state index contributed by atoms with van der Waals surface area (Å²) in [5.74, 6) is 0.349. The fraction of sp³-hybridized carbons (Fsp3) is 0.333. The van der Waals surface area contributed by atoms with Gasteiger partial charge in [-0.1, -0.05) is 30.3 Å². The zero-order chi connectivity index (χ0) is 19.7. The van der Waals surface area contributed by atoms with E-state index in [1.54, 1.807) is 6.08 Å². The highest BCUT2D eigenvalue weighted by Gasteiger charge is 2.28. The average molecular weight is 375 g/mol. The van der Waals surface area contributed by atoms with Crippen molar-refractivity contribution in [2.45, 2.75) is 39.2 Å². The highest BCUT2D eigenvalue weighted by atomic mass is 16.5. The molecule has 4 heteroatoms. The Morgan fingerprint density at radius 2 is 1.89 bits per heavy atom. The number of carbonyl (C=O) groups excluding carboxylic acids is 1. The fourth-order valence-electron chi connectivity index (χ4n) is 3.78. The van der Waals surface area contributed by atoms with Gasteiger partial charge in [0.1, 0.15) is 6.61 Å². The van der Waals surface area contributed by atoms with Crippen LogP contribution in [-0.4, -0.2) is 30.6 Å². The molecule has 0 saturated heterocycles. The van der Waals surface area contributed by atoms with E-state index < -0.39 is 0 Å². The van der Waals surface area contributed by atoms with Crippen molar-refractivity contribution in [3.63, 3.8) is 0 Å². The van der Waals surface area contributed by atoms with Crippen LogP contribution in [-0.2, 0) is 27.1 Å². The molecule has 0 saturated carbocycles. The quantitative estimate of drug-likeness (QED) is 0.592. The molecule has 0 amide bonds. The second kappa shape index (κ2) is 7.27. The number of hydrogen-bond donors (Lipinski definition) is 0. The van der Waals surface area contributed by atoms with Crippen molar-refractivity contribution in [1.82, 2.24) is 0 Å². The van der Waals surface area contributed by atoms with Crippen molar-refractivity contribution in [2.75, 3.05) is 13.2 Å². The Labute approximate surface area is 165 Å². The van der Waals surface area contributed by atoms with Crippen LogP contribution in [0.25, 0.3) is 5.57 Å². The highest BCUT2D eigenvalue weighted by Crippen LogP contribution is 2.35. The smallest absolute Gasteiger partial charge is 0.331 e. The standard InChI is InChI=1S/C24H25NO3/c1-4-27-22(26)14-21-19-8-6-5-7-16(19)9-10-17-11-12-18(13-20(17)21)23-25-24(2,3)15-28-23/h5-8,11-14H,4,9-10,15H2,1-3H3/b21-14-. The van der Waals surface area contributed by atoms with Crippen LogP contribution >= 0.6 is 0 Å². The normalized spacial score (nSPS) is 18.5. The molecule has 2 aromatic carbocycles. The van der Waals surface area contributed by atoms with Gasteiger partial charge >= 0.3 is 5.97 Å². The first-order valence-corrected chi connectivity index (χ1v) is 9.80. The molecule has 0 fully saturated rings. The molecule has 144 valence electrons. The maximum Gasteiger partial charge on any atom is 0.331 e. The number of carbonyl (C=O) groups is 1. The second-order valence-corrected chi connectivity index (χ2v) is 7.86. The summed E-state index contributed by atoms with van der Waals surface area (Å²) in [6.45, 7) is 6.88. The number of fused-ring (bicyclic) bond motifs is 2. The van der Waals surface area contributed by atoms with E-state index in [9.17, 15) is 4.79 Å². The Kier molecular flexibility index (Phi) is 4.80. The lowest BCUT2D eigenvalue weighted by Crippen LogP contribution is -2.17. The molecule has 4 nitrogen and oxygen atoms in total. The Morgan fingerprint density at radius 3 is 2.61 bits per heavy atom. The molecule has 0 bridgehead atoms. The van der Waals surface area contributed by atoms with Crippen LogP contribution in [0.3, 0.4) is 0 Å². The number of aliphatic imine (C=N–C) groups is 1. The first-order chi connectivity index (χ1) is 13.5. The third-order valence-corrected chi connectivity index (χ3v) is 5.13. The summed E-state index contributed by atoms with van der Waals surface area (Å²) in [6.07, 6.45) is 3.48. The fourth-order valence-corrected chi connectivity index (χ4v) is 3.78. The molecule has 0 unspecified atom stereocenters. The maximum absolute atomic E-state index is 12.3. The predicted molar refractivity (Wildman–Crippen MR) is 111 cm³/mol. The maximum atomic E-state index is 12.3. The highest BCUT2D eigenvalue weighted by molar-refractivity contribution is 6.00. The van der Waals surface area contributed by atoms with Gasteiger partial charge in [-0.15, -0.1) is 0 Å². The zero-order valence-corrected chi connectivity index (χ0v) is 16.6. The monoisotopic (exact) mass is 375 g/mol. The van der Waals surface area contributed by atoms with E-state index in [-0.39, 0.29) is 11.5 Å². The van der Waals surface area contributed by atoms with E-state index in [1.807, 2.05) is 19.1 Å². The first-order valence-electron chi connectivity index (χ1n) is 9.80. The van der Waals surface area contributed by atoms with Gasteiger partial charge in [0.2, 0.25) is 5.90 Å². The molecular weight excluding hydrogens is 350 g/mol. The van der Waals surface area contributed by atoms with Gasteiger partial charge in [-0.25, -0.2) is 9.79 Å². The molecule has 0 spiro atoms.